The van der Waals surface area contributed by atoms with Crippen molar-refractivity contribution in [2.45, 2.75) is 0 Å². The molecule has 0 fully saturated rings. The highest BCUT2D eigenvalue weighted by atomic mass is 15.0. The number of rotatable bonds is 1. The third-order valence-corrected chi connectivity index (χ3v) is 5.14. The third kappa shape index (κ3) is 1.80. The number of nitrogens with one attached hydrogen (secondary N) is 1. The fraction of sp³-hybridized carbons (Fsp3) is 0. The monoisotopic (exact) mass is 333 g/mol. The molecule has 0 amide bonds. The molecule has 0 aliphatic rings. The van der Waals surface area contributed by atoms with Gasteiger partial charge in [0.15, 0.2) is 0 Å². The standard InChI is InChI=1S/C23H15N3/c1-2-6-15(7-3-1)16-9-10-18-17(14-16)22-19(24-18)11-12-20-23(22)26-13-5-4-8-21(26)25-20/h1-14,24H. The molecule has 0 bridgehead atoms. The Morgan fingerprint density at radius 1 is 0.731 bits per heavy atom. The van der Waals surface area contributed by atoms with Gasteiger partial charge in [-0.1, -0.05) is 42.5 Å². The average molecular weight is 333 g/mol. The molecule has 3 heteroatoms. The molecule has 3 nitrogen and oxygen atoms in total. The van der Waals surface area contributed by atoms with Crippen LogP contribution in [0, 0.1) is 0 Å². The fourth-order valence-electron chi connectivity index (χ4n) is 3.94. The van der Waals surface area contributed by atoms with Crippen molar-refractivity contribution >= 4 is 38.5 Å². The summed E-state index contributed by atoms with van der Waals surface area (Å²) >= 11 is 0. The van der Waals surface area contributed by atoms with Gasteiger partial charge in [-0.2, -0.15) is 0 Å². The Morgan fingerprint density at radius 3 is 2.50 bits per heavy atom. The third-order valence-electron chi connectivity index (χ3n) is 5.14. The number of hydrogen-bond donors (Lipinski definition) is 1. The van der Waals surface area contributed by atoms with Gasteiger partial charge in [0.2, 0.25) is 0 Å². The molecule has 0 spiro atoms. The van der Waals surface area contributed by atoms with Crippen molar-refractivity contribution in [3.8, 4) is 11.1 Å². The molecule has 0 unspecified atom stereocenters. The van der Waals surface area contributed by atoms with Crippen molar-refractivity contribution < 1.29 is 0 Å². The largest absolute Gasteiger partial charge is 0.354 e. The van der Waals surface area contributed by atoms with E-state index in [0.717, 1.165) is 27.7 Å². The van der Waals surface area contributed by atoms with Crippen LogP contribution in [-0.2, 0) is 0 Å². The fourth-order valence-corrected chi connectivity index (χ4v) is 3.94. The lowest BCUT2D eigenvalue weighted by Crippen LogP contribution is -1.83. The maximum absolute atomic E-state index is 4.78. The number of benzene rings is 3. The Hall–Kier alpha value is -3.59. The maximum atomic E-state index is 4.78. The van der Waals surface area contributed by atoms with Gasteiger partial charge in [-0.15, -0.1) is 0 Å². The van der Waals surface area contributed by atoms with E-state index in [0.29, 0.717) is 0 Å². The Morgan fingerprint density at radius 2 is 1.58 bits per heavy atom. The van der Waals surface area contributed by atoms with Gasteiger partial charge in [0.1, 0.15) is 5.65 Å². The predicted molar refractivity (Wildman–Crippen MR) is 107 cm³/mol. The van der Waals surface area contributed by atoms with Gasteiger partial charge in [0.05, 0.1) is 11.0 Å². The van der Waals surface area contributed by atoms with E-state index < -0.39 is 0 Å². The lowest BCUT2D eigenvalue weighted by molar-refractivity contribution is 1.23. The summed E-state index contributed by atoms with van der Waals surface area (Å²) in [7, 11) is 0. The van der Waals surface area contributed by atoms with Gasteiger partial charge in [-0.3, -0.25) is 4.40 Å². The van der Waals surface area contributed by atoms with Crippen LogP contribution in [0.5, 0.6) is 0 Å². The number of hydrogen-bond acceptors (Lipinski definition) is 1. The van der Waals surface area contributed by atoms with Gasteiger partial charge in [0, 0.05) is 28.0 Å². The van der Waals surface area contributed by atoms with Crippen molar-refractivity contribution in [3.05, 3.63) is 85.1 Å². The number of fused-ring (bicyclic) bond motifs is 7. The summed E-state index contributed by atoms with van der Waals surface area (Å²) in [6, 6.07) is 27.5. The number of imidazole rings is 1. The van der Waals surface area contributed by atoms with E-state index in [1.54, 1.807) is 0 Å². The van der Waals surface area contributed by atoms with E-state index in [-0.39, 0.29) is 0 Å². The number of pyridine rings is 1. The molecule has 3 heterocycles. The van der Waals surface area contributed by atoms with Crippen LogP contribution in [0.2, 0.25) is 0 Å². The van der Waals surface area contributed by atoms with Crippen LogP contribution in [0.25, 0.3) is 49.6 Å². The first kappa shape index (κ1) is 13.7. The molecule has 6 aromatic rings. The lowest BCUT2D eigenvalue weighted by atomic mass is 10.0. The first-order valence-corrected chi connectivity index (χ1v) is 8.75. The van der Waals surface area contributed by atoms with Crippen LogP contribution >= 0.6 is 0 Å². The van der Waals surface area contributed by atoms with Gasteiger partial charge in [-0.25, -0.2) is 4.98 Å². The van der Waals surface area contributed by atoms with Crippen LogP contribution < -0.4 is 0 Å². The van der Waals surface area contributed by atoms with Gasteiger partial charge >= 0.3 is 0 Å². The van der Waals surface area contributed by atoms with Gasteiger partial charge in [0.25, 0.3) is 0 Å². The minimum atomic E-state index is 0.976. The number of nitrogens with zero attached hydrogens (tertiary/aromatic N) is 2. The van der Waals surface area contributed by atoms with Crippen LogP contribution in [0.3, 0.4) is 0 Å². The number of H-pyrrole nitrogens is 1. The highest BCUT2D eigenvalue weighted by Gasteiger charge is 2.13. The minimum Gasteiger partial charge on any atom is -0.354 e. The molecule has 0 saturated carbocycles. The predicted octanol–water partition coefficient (Wildman–Crippen LogP) is 5.79. The van der Waals surface area contributed by atoms with Gasteiger partial charge < -0.3 is 4.98 Å². The SMILES string of the molecule is c1ccc(-c2ccc3[nH]c4ccc5nc6ccccn6c5c4c3c2)cc1. The molecule has 3 aromatic heterocycles. The first-order valence-electron chi connectivity index (χ1n) is 8.75. The zero-order chi connectivity index (χ0) is 17.1. The summed E-state index contributed by atoms with van der Waals surface area (Å²) in [5, 5.41) is 2.46. The molecule has 1 N–H and O–H groups in total. The smallest absolute Gasteiger partial charge is 0.137 e. The summed E-state index contributed by atoms with van der Waals surface area (Å²) < 4.78 is 2.18. The van der Waals surface area contributed by atoms with Crippen LogP contribution in [0.15, 0.2) is 85.1 Å². The van der Waals surface area contributed by atoms with Crippen LogP contribution in [0.4, 0.5) is 0 Å². The molecule has 6 rings (SSSR count). The summed E-state index contributed by atoms with van der Waals surface area (Å²) in [5.41, 5.74) is 7.91. The van der Waals surface area contributed by atoms with E-state index in [1.807, 2.05) is 6.07 Å². The second kappa shape index (κ2) is 4.96. The molecule has 0 atom stereocenters. The number of aromatic amines is 1. The number of aromatic nitrogens is 3. The Bertz CT molecular complexity index is 1420. The zero-order valence-corrected chi connectivity index (χ0v) is 14.0. The molecule has 0 saturated heterocycles. The first-order chi connectivity index (χ1) is 12.9. The van der Waals surface area contributed by atoms with Crippen LogP contribution in [-0.4, -0.2) is 14.4 Å². The van der Waals surface area contributed by atoms with Crippen molar-refractivity contribution in [2.24, 2.45) is 0 Å². The summed E-state index contributed by atoms with van der Waals surface area (Å²) in [6.07, 6.45) is 2.09. The van der Waals surface area contributed by atoms with Crippen molar-refractivity contribution in [1.29, 1.82) is 0 Å². The second-order valence-electron chi connectivity index (χ2n) is 6.65. The molecular formula is C23H15N3. The molecule has 0 radical (unpaired) electrons. The highest BCUT2D eigenvalue weighted by molar-refractivity contribution is 6.19. The average Bonchev–Trinajstić information content (AvgIpc) is 3.25. The molecule has 3 aromatic carbocycles. The van der Waals surface area contributed by atoms with Crippen molar-refractivity contribution in [2.75, 3.05) is 0 Å². The summed E-state index contributed by atoms with van der Waals surface area (Å²) in [4.78, 5) is 8.34. The zero-order valence-electron chi connectivity index (χ0n) is 14.0. The van der Waals surface area contributed by atoms with Crippen molar-refractivity contribution in [3.63, 3.8) is 0 Å². The topological polar surface area (TPSA) is 33.1 Å². The van der Waals surface area contributed by atoms with E-state index in [2.05, 4.69) is 88.4 Å². The quantitative estimate of drug-likeness (QED) is 0.406. The second-order valence-corrected chi connectivity index (χ2v) is 6.65. The van der Waals surface area contributed by atoms with E-state index in [1.165, 1.54) is 21.9 Å². The van der Waals surface area contributed by atoms with Crippen molar-refractivity contribution in [1.82, 2.24) is 14.4 Å². The Kier molecular flexibility index (Phi) is 2.61. The van der Waals surface area contributed by atoms with Gasteiger partial charge in [-0.05, 0) is 47.5 Å². The molecule has 0 aliphatic heterocycles. The molecule has 122 valence electrons. The normalized spacial score (nSPS) is 11.8. The molecule has 0 aliphatic carbocycles. The molecular weight excluding hydrogens is 318 g/mol. The Balaban J connectivity index is 1.79. The molecule has 26 heavy (non-hydrogen) atoms. The van der Waals surface area contributed by atoms with E-state index in [4.69, 9.17) is 4.98 Å². The minimum absolute atomic E-state index is 0.976. The Labute approximate surface area is 149 Å². The lowest BCUT2D eigenvalue weighted by Gasteiger charge is -2.02. The summed E-state index contributed by atoms with van der Waals surface area (Å²) in [5.74, 6) is 0. The maximum Gasteiger partial charge on any atom is 0.137 e. The summed E-state index contributed by atoms with van der Waals surface area (Å²) in [6.45, 7) is 0. The van der Waals surface area contributed by atoms with E-state index in [9.17, 15) is 0 Å². The van der Waals surface area contributed by atoms with Crippen LogP contribution in [0.1, 0.15) is 0 Å². The van der Waals surface area contributed by atoms with E-state index >= 15 is 0 Å². The highest BCUT2D eigenvalue weighted by Crippen LogP contribution is 2.34.